The molecule has 3 nitrogen and oxygen atoms in total. The molecule has 0 fully saturated rings. The van der Waals surface area contributed by atoms with Crippen molar-refractivity contribution in [3.63, 3.8) is 0 Å². The average molecular weight is 285 g/mol. The van der Waals surface area contributed by atoms with Gasteiger partial charge in [0.1, 0.15) is 0 Å². The molecule has 0 heterocycles. The Bertz CT molecular complexity index is 402. The predicted octanol–water partition coefficient (Wildman–Crippen LogP) is 3.31. The van der Waals surface area contributed by atoms with Crippen LogP contribution in [-0.4, -0.2) is 32.8 Å². The third-order valence-electron chi connectivity index (χ3n) is 2.89. The molecule has 0 aliphatic heterocycles. The van der Waals surface area contributed by atoms with Crippen molar-refractivity contribution in [1.29, 1.82) is 0 Å². The molecule has 1 aromatic rings. The molecule has 1 rings (SSSR count). The van der Waals surface area contributed by atoms with E-state index in [1.807, 2.05) is 12.1 Å². The molecule has 0 amide bonds. The molecule has 0 unspecified atom stereocenters. The van der Waals surface area contributed by atoms with Crippen LogP contribution < -0.4 is 10.2 Å². The summed E-state index contributed by atoms with van der Waals surface area (Å²) in [5.74, 6) is 0. The lowest BCUT2D eigenvalue weighted by Gasteiger charge is -2.25. The zero-order valence-corrected chi connectivity index (χ0v) is 13.3. The number of anilines is 1. The summed E-state index contributed by atoms with van der Waals surface area (Å²) >= 11 is 6.10. The van der Waals surface area contributed by atoms with E-state index in [-0.39, 0.29) is 5.54 Å². The fraction of sp³-hybridized carbons (Fsp3) is 0.600. The van der Waals surface area contributed by atoms with E-state index in [0.29, 0.717) is 6.61 Å². The van der Waals surface area contributed by atoms with Crippen molar-refractivity contribution in [3.8, 4) is 0 Å². The quantitative estimate of drug-likeness (QED) is 0.867. The van der Waals surface area contributed by atoms with Crippen LogP contribution >= 0.6 is 11.6 Å². The monoisotopic (exact) mass is 284 g/mol. The number of likely N-dealkylation sites (N-methyl/N-ethyl adjacent to an activating group) is 1. The first kappa shape index (κ1) is 16.3. The Balaban J connectivity index is 2.85. The highest BCUT2D eigenvalue weighted by atomic mass is 35.5. The molecule has 0 atom stereocenters. The molecular formula is C15H25ClN2O. The third kappa shape index (κ3) is 5.81. The van der Waals surface area contributed by atoms with Crippen molar-refractivity contribution in [3.05, 3.63) is 28.8 Å². The van der Waals surface area contributed by atoms with Gasteiger partial charge in [-0.25, -0.2) is 0 Å². The summed E-state index contributed by atoms with van der Waals surface area (Å²) in [5.41, 5.74) is 2.49. The Morgan fingerprint density at radius 2 is 2.00 bits per heavy atom. The highest BCUT2D eigenvalue weighted by Gasteiger charge is 2.12. The van der Waals surface area contributed by atoms with Gasteiger partial charge in [0.15, 0.2) is 0 Å². The first-order chi connectivity index (χ1) is 8.83. The molecule has 1 aromatic carbocycles. The molecule has 0 bridgehead atoms. The van der Waals surface area contributed by atoms with Crippen LogP contribution in [-0.2, 0) is 11.3 Å². The highest BCUT2D eigenvalue weighted by molar-refractivity contribution is 6.30. The Kier molecular flexibility index (Phi) is 6.11. The molecule has 0 saturated carbocycles. The van der Waals surface area contributed by atoms with E-state index >= 15 is 0 Å². The lowest BCUT2D eigenvalue weighted by Crippen LogP contribution is -2.35. The minimum Gasteiger partial charge on any atom is -0.383 e. The summed E-state index contributed by atoms with van der Waals surface area (Å²) in [5, 5.41) is 4.27. The lowest BCUT2D eigenvalue weighted by atomic mass is 10.1. The van der Waals surface area contributed by atoms with E-state index in [1.165, 1.54) is 11.3 Å². The van der Waals surface area contributed by atoms with E-state index < -0.39 is 0 Å². The van der Waals surface area contributed by atoms with Crippen LogP contribution in [0.25, 0.3) is 0 Å². The number of hydrogen-bond acceptors (Lipinski definition) is 3. The summed E-state index contributed by atoms with van der Waals surface area (Å²) in [4.78, 5) is 2.19. The van der Waals surface area contributed by atoms with E-state index in [9.17, 15) is 0 Å². The van der Waals surface area contributed by atoms with Gasteiger partial charge < -0.3 is 15.0 Å². The van der Waals surface area contributed by atoms with Crippen LogP contribution in [0.3, 0.4) is 0 Å². The minimum atomic E-state index is 0.0880. The fourth-order valence-electron chi connectivity index (χ4n) is 1.78. The highest BCUT2D eigenvalue weighted by Crippen LogP contribution is 2.24. The van der Waals surface area contributed by atoms with Crippen LogP contribution in [0.5, 0.6) is 0 Å². The molecule has 0 saturated heterocycles. The second-order valence-electron chi connectivity index (χ2n) is 5.79. The number of benzene rings is 1. The summed E-state index contributed by atoms with van der Waals surface area (Å²) in [7, 11) is 3.79. The third-order valence-corrected chi connectivity index (χ3v) is 3.13. The van der Waals surface area contributed by atoms with E-state index in [1.54, 1.807) is 7.11 Å². The van der Waals surface area contributed by atoms with E-state index in [2.05, 4.69) is 44.1 Å². The number of halogens is 1. The van der Waals surface area contributed by atoms with Gasteiger partial charge in [-0.05, 0) is 44.5 Å². The maximum Gasteiger partial charge on any atom is 0.0637 e. The number of methoxy groups -OCH3 is 1. The SMILES string of the molecule is COCCN(C)c1ccc(Cl)cc1CNC(C)(C)C. The minimum absolute atomic E-state index is 0.0880. The average Bonchev–Trinajstić information content (AvgIpc) is 2.32. The number of rotatable bonds is 6. The Morgan fingerprint density at radius 3 is 2.58 bits per heavy atom. The van der Waals surface area contributed by atoms with Gasteiger partial charge in [-0.1, -0.05) is 11.6 Å². The number of nitrogens with one attached hydrogen (secondary N) is 1. The summed E-state index contributed by atoms with van der Waals surface area (Å²) in [6.07, 6.45) is 0. The zero-order chi connectivity index (χ0) is 14.5. The Labute approximate surface area is 121 Å². The van der Waals surface area contributed by atoms with Crippen molar-refractivity contribution in [2.24, 2.45) is 0 Å². The van der Waals surface area contributed by atoms with E-state index in [4.69, 9.17) is 16.3 Å². The van der Waals surface area contributed by atoms with Crippen molar-refractivity contribution >= 4 is 17.3 Å². The van der Waals surface area contributed by atoms with Crippen LogP contribution in [0.1, 0.15) is 26.3 Å². The summed E-state index contributed by atoms with van der Waals surface area (Å²) < 4.78 is 5.13. The number of hydrogen-bond donors (Lipinski definition) is 1. The molecule has 0 aromatic heterocycles. The van der Waals surface area contributed by atoms with Gasteiger partial charge in [0, 0.05) is 43.5 Å². The molecule has 4 heteroatoms. The smallest absolute Gasteiger partial charge is 0.0637 e. The normalized spacial score (nSPS) is 11.7. The maximum absolute atomic E-state index is 6.10. The first-order valence-electron chi connectivity index (χ1n) is 6.57. The van der Waals surface area contributed by atoms with Gasteiger partial charge in [-0.2, -0.15) is 0 Å². The predicted molar refractivity (Wildman–Crippen MR) is 83.2 cm³/mol. The topological polar surface area (TPSA) is 24.5 Å². The zero-order valence-electron chi connectivity index (χ0n) is 12.6. The van der Waals surface area contributed by atoms with Crippen LogP contribution in [0.15, 0.2) is 18.2 Å². The van der Waals surface area contributed by atoms with Crippen LogP contribution in [0.4, 0.5) is 5.69 Å². The van der Waals surface area contributed by atoms with Crippen LogP contribution in [0, 0.1) is 0 Å². The maximum atomic E-state index is 6.10. The van der Waals surface area contributed by atoms with Gasteiger partial charge in [-0.3, -0.25) is 0 Å². The lowest BCUT2D eigenvalue weighted by molar-refractivity contribution is 0.206. The molecule has 108 valence electrons. The van der Waals surface area contributed by atoms with E-state index in [0.717, 1.165) is 18.1 Å². The molecule has 0 aliphatic carbocycles. The molecule has 0 radical (unpaired) electrons. The van der Waals surface area contributed by atoms with Gasteiger partial charge in [-0.15, -0.1) is 0 Å². The largest absolute Gasteiger partial charge is 0.383 e. The molecule has 0 aliphatic rings. The fourth-order valence-corrected chi connectivity index (χ4v) is 1.97. The summed E-state index contributed by atoms with van der Waals surface area (Å²) in [6, 6.07) is 6.03. The van der Waals surface area contributed by atoms with Crippen molar-refractivity contribution in [2.45, 2.75) is 32.9 Å². The number of ether oxygens (including phenoxy) is 1. The molecular weight excluding hydrogens is 260 g/mol. The second-order valence-corrected chi connectivity index (χ2v) is 6.23. The van der Waals surface area contributed by atoms with Gasteiger partial charge in [0.05, 0.1) is 6.61 Å². The van der Waals surface area contributed by atoms with Crippen molar-refractivity contribution in [2.75, 3.05) is 32.2 Å². The van der Waals surface area contributed by atoms with Gasteiger partial charge >= 0.3 is 0 Å². The first-order valence-corrected chi connectivity index (χ1v) is 6.95. The van der Waals surface area contributed by atoms with Crippen LogP contribution in [0.2, 0.25) is 5.02 Å². The van der Waals surface area contributed by atoms with Gasteiger partial charge in [0.25, 0.3) is 0 Å². The Hall–Kier alpha value is -0.770. The molecule has 0 spiro atoms. The van der Waals surface area contributed by atoms with Crippen molar-refractivity contribution in [1.82, 2.24) is 5.32 Å². The second kappa shape index (κ2) is 7.13. The summed E-state index contributed by atoms with van der Waals surface area (Å²) in [6.45, 7) is 8.85. The molecule has 1 N–H and O–H groups in total. The number of nitrogens with zero attached hydrogens (tertiary/aromatic N) is 1. The Morgan fingerprint density at radius 1 is 1.32 bits per heavy atom. The molecule has 19 heavy (non-hydrogen) atoms. The van der Waals surface area contributed by atoms with Gasteiger partial charge in [0.2, 0.25) is 0 Å². The van der Waals surface area contributed by atoms with Crippen molar-refractivity contribution < 1.29 is 4.74 Å². The standard InChI is InChI=1S/C15H25ClN2O/c1-15(2,3)17-11-12-10-13(16)6-7-14(12)18(4)8-9-19-5/h6-7,10,17H,8-9,11H2,1-5H3.